The minimum Gasteiger partial charge on any atom is -0.385 e. The number of methoxy groups -OCH3 is 1. The SMILES string of the molecule is COCCCCCNC1CCOC2(CCCCC2)C1. The molecule has 0 radical (unpaired) electrons. The Morgan fingerprint density at radius 1 is 1.16 bits per heavy atom. The van der Waals surface area contributed by atoms with E-state index in [1.807, 2.05) is 0 Å². The molecule has 19 heavy (non-hydrogen) atoms. The molecule has 1 aliphatic heterocycles. The lowest BCUT2D eigenvalue weighted by Crippen LogP contribution is -2.48. The molecule has 0 bridgehead atoms. The molecule has 0 aromatic carbocycles. The van der Waals surface area contributed by atoms with Crippen molar-refractivity contribution in [1.82, 2.24) is 5.32 Å². The van der Waals surface area contributed by atoms with Gasteiger partial charge in [0, 0.05) is 26.4 Å². The van der Waals surface area contributed by atoms with Gasteiger partial charge in [-0.25, -0.2) is 0 Å². The molecular formula is C16H31NO2. The lowest BCUT2D eigenvalue weighted by molar-refractivity contribution is -0.109. The highest BCUT2D eigenvalue weighted by atomic mass is 16.5. The highest BCUT2D eigenvalue weighted by molar-refractivity contribution is 4.91. The van der Waals surface area contributed by atoms with Gasteiger partial charge in [0.1, 0.15) is 0 Å². The smallest absolute Gasteiger partial charge is 0.0697 e. The average Bonchev–Trinajstić information content (AvgIpc) is 2.44. The van der Waals surface area contributed by atoms with E-state index in [9.17, 15) is 0 Å². The lowest BCUT2D eigenvalue weighted by atomic mass is 9.78. The third-order valence-electron chi connectivity index (χ3n) is 4.72. The molecule has 0 aromatic rings. The van der Waals surface area contributed by atoms with E-state index in [0.29, 0.717) is 6.04 Å². The second-order valence-corrected chi connectivity index (χ2v) is 6.29. The molecular weight excluding hydrogens is 238 g/mol. The molecule has 112 valence electrons. The fourth-order valence-electron chi connectivity index (χ4n) is 3.60. The Balaban J connectivity index is 1.61. The van der Waals surface area contributed by atoms with Crippen LogP contribution >= 0.6 is 0 Å². The van der Waals surface area contributed by atoms with Crippen molar-refractivity contribution < 1.29 is 9.47 Å². The van der Waals surface area contributed by atoms with Gasteiger partial charge in [-0.1, -0.05) is 19.3 Å². The molecule has 2 aliphatic rings. The van der Waals surface area contributed by atoms with E-state index in [1.165, 1.54) is 64.2 Å². The van der Waals surface area contributed by atoms with Crippen LogP contribution in [0.2, 0.25) is 0 Å². The first-order valence-electron chi connectivity index (χ1n) is 8.21. The summed E-state index contributed by atoms with van der Waals surface area (Å²) in [7, 11) is 1.78. The van der Waals surface area contributed by atoms with E-state index in [0.717, 1.165) is 19.8 Å². The molecule has 1 N–H and O–H groups in total. The van der Waals surface area contributed by atoms with Gasteiger partial charge in [-0.3, -0.25) is 0 Å². The highest BCUT2D eigenvalue weighted by Gasteiger charge is 2.38. The van der Waals surface area contributed by atoms with Crippen LogP contribution in [0.15, 0.2) is 0 Å². The van der Waals surface area contributed by atoms with Crippen molar-refractivity contribution in [1.29, 1.82) is 0 Å². The lowest BCUT2D eigenvalue weighted by Gasteiger charge is -2.43. The minimum atomic E-state index is 0.240. The topological polar surface area (TPSA) is 30.5 Å². The zero-order valence-corrected chi connectivity index (χ0v) is 12.6. The van der Waals surface area contributed by atoms with Crippen molar-refractivity contribution in [2.75, 3.05) is 26.9 Å². The molecule has 0 aromatic heterocycles. The summed E-state index contributed by atoms with van der Waals surface area (Å²) in [6.45, 7) is 3.02. The Labute approximate surface area is 118 Å². The summed E-state index contributed by atoms with van der Waals surface area (Å²) >= 11 is 0. The minimum absolute atomic E-state index is 0.240. The standard InChI is InChI=1S/C16H31NO2/c1-18-12-7-3-6-11-17-15-8-13-19-16(14-15)9-4-2-5-10-16/h15,17H,2-14H2,1H3. The normalized spacial score (nSPS) is 26.7. The van der Waals surface area contributed by atoms with Crippen LogP contribution in [-0.4, -0.2) is 38.5 Å². The summed E-state index contributed by atoms with van der Waals surface area (Å²) in [5, 5.41) is 3.75. The largest absolute Gasteiger partial charge is 0.385 e. The maximum absolute atomic E-state index is 6.14. The molecule has 1 atom stereocenters. The van der Waals surface area contributed by atoms with Gasteiger partial charge in [-0.2, -0.15) is 0 Å². The summed E-state index contributed by atoms with van der Waals surface area (Å²) in [5.41, 5.74) is 0.240. The first-order chi connectivity index (χ1) is 9.35. The summed E-state index contributed by atoms with van der Waals surface area (Å²) < 4.78 is 11.2. The Morgan fingerprint density at radius 3 is 2.79 bits per heavy atom. The first kappa shape index (κ1) is 15.3. The van der Waals surface area contributed by atoms with E-state index in [-0.39, 0.29) is 5.60 Å². The number of nitrogens with one attached hydrogen (secondary N) is 1. The van der Waals surface area contributed by atoms with E-state index in [2.05, 4.69) is 5.32 Å². The maximum atomic E-state index is 6.14. The molecule has 2 fully saturated rings. The Bertz CT molecular complexity index is 233. The van der Waals surface area contributed by atoms with Gasteiger partial charge < -0.3 is 14.8 Å². The Hall–Kier alpha value is -0.120. The molecule has 1 aliphatic carbocycles. The van der Waals surface area contributed by atoms with Crippen molar-refractivity contribution in [3.63, 3.8) is 0 Å². The first-order valence-corrected chi connectivity index (χ1v) is 8.21. The monoisotopic (exact) mass is 269 g/mol. The number of hydrogen-bond acceptors (Lipinski definition) is 3. The van der Waals surface area contributed by atoms with Gasteiger partial charge in [-0.05, 0) is 51.5 Å². The number of hydrogen-bond donors (Lipinski definition) is 1. The predicted octanol–water partition coefficient (Wildman–Crippen LogP) is 3.27. The molecule has 1 unspecified atom stereocenters. The van der Waals surface area contributed by atoms with E-state index >= 15 is 0 Å². The molecule has 1 spiro atoms. The fraction of sp³-hybridized carbons (Fsp3) is 1.00. The molecule has 1 saturated heterocycles. The third kappa shape index (κ3) is 5.05. The molecule has 2 rings (SSSR count). The van der Waals surface area contributed by atoms with Crippen LogP contribution in [0.3, 0.4) is 0 Å². The van der Waals surface area contributed by atoms with Crippen LogP contribution in [0.25, 0.3) is 0 Å². The van der Waals surface area contributed by atoms with Gasteiger partial charge in [-0.15, -0.1) is 0 Å². The van der Waals surface area contributed by atoms with Gasteiger partial charge in [0.15, 0.2) is 0 Å². The molecule has 0 amide bonds. The maximum Gasteiger partial charge on any atom is 0.0697 e. The van der Waals surface area contributed by atoms with Crippen LogP contribution < -0.4 is 5.32 Å². The average molecular weight is 269 g/mol. The fourth-order valence-corrected chi connectivity index (χ4v) is 3.60. The van der Waals surface area contributed by atoms with Crippen molar-refractivity contribution in [3.8, 4) is 0 Å². The third-order valence-corrected chi connectivity index (χ3v) is 4.72. The molecule has 1 saturated carbocycles. The van der Waals surface area contributed by atoms with Crippen LogP contribution in [0.1, 0.15) is 64.2 Å². The quantitative estimate of drug-likeness (QED) is 0.720. The van der Waals surface area contributed by atoms with E-state index in [4.69, 9.17) is 9.47 Å². The summed E-state index contributed by atoms with van der Waals surface area (Å²) in [6, 6.07) is 0.689. The summed E-state index contributed by atoms with van der Waals surface area (Å²) in [6.07, 6.45) is 12.9. The molecule has 3 nitrogen and oxygen atoms in total. The van der Waals surface area contributed by atoms with Crippen molar-refractivity contribution in [2.45, 2.75) is 75.9 Å². The second-order valence-electron chi connectivity index (χ2n) is 6.29. The van der Waals surface area contributed by atoms with Crippen LogP contribution in [0.4, 0.5) is 0 Å². The molecule has 1 heterocycles. The zero-order valence-electron chi connectivity index (χ0n) is 12.6. The van der Waals surface area contributed by atoms with Crippen molar-refractivity contribution in [2.24, 2.45) is 0 Å². The van der Waals surface area contributed by atoms with Gasteiger partial charge in [0.05, 0.1) is 5.60 Å². The van der Waals surface area contributed by atoms with Crippen LogP contribution in [-0.2, 0) is 9.47 Å². The van der Waals surface area contributed by atoms with Crippen LogP contribution in [0, 0.1) is 0 Å². The van der Waals surface area contributed by atoms with Gasteiger partial charge >= 0.3 is 0 Å². The van der Waals surface area contributed by atoms with Crippen LogP contribution in [0.5, 0.6) is 0 Å². The molecule has 3 heteroatoms. The zero-order chi connectivity index (χ0) is 13.4. The second kappa shape index (κ2) is 8.23. The summed E-state index contributed by atoms with van der Waals surface area (Å²) in [5.74, 6) is 0. The van der Waals surface area contributed by atoms with Gasteiger partial charge in [0.2, 0.25) is 0 Å². The van der Waals surface area contributed by atoms with Gasteiger partial charge in [0.25, 0.3) is 0 Å². The Kier molecular flexibility index (Phi) is 6.62. The van der Waals surface area contributed by atoms with Crippen molar-refractivity contribution >= 4 is 0 Å². The predicted molar refractivity (Wildman–Crippen MR) is 78.5 cm³/mol. The highest BCUT2D eigenvalue weighted by Crippen LogP contribution is 2.38. The Morgan fingerprint density at radius 2 is 2.00 bits per heavy atom. The number of ether oxygens (including phenoxy) is 2. The number of unbranched alkanes of at least 4 members (excludes halogenated alkanes) is 2. The number of rotatable bonds is 7. The van der Waals surface area contributed by atoms with E-state index < -0.39 is 0 Å². The summed E-state index contributed by atoms with van der Waals surface area (Å²) in [4.78, 5) is 0. The van der Waals surface area contributed by atoms with E-state index in [1.54, 1.807) is 7.11 Å². The van der Waals surface area contributed by atoms with Crippen molar-refractivity contribution in [3.05, 3.63) is 0 Å².